The van der Waals surface area contributed by atoms with Gasteiger partial charge in [0.2, 0.25) is 5.91 Å². The Bertz CT molecular complexity index is 471. The molecule has 0 aliphatic rings. The van der Waals surface area contributed by atoms with E-state index in [1.807, 2.05) is 19.1 Å². The Balaban J connectivity index is 2.75. The van der Waals surface area contributed by atoms with E-state index in [0.717, 1.165) is 24.5 Å². The fourth-order valence-corrected chi connectivity index (χ4v) is 1.65. The number of nitrogens with two attached hydrogens (primary N) is 1. The third-order valence-electron chi connectivity index (χ3n) is 2.97. The number of carbonyl (C=O) groups is 1. The van der Waals surface area contributed by atoms with Crippen LogP contribution in [0, 0.1) is 0 Å². The van der Waals surface area contributed by atoms with E-state index in [0.29, 0.717) is 18.2 Å². The zero-order valence-corrected chi connectivity index (χ0v) is 12.4. The van der Waals surface area contributed by atoms with Crippen LogP contribution < -0.4 is 16.4 Å². The zero-order chi connectivity index (χ0) is 15.0. The number of amides is 1. The maximum Gasteiger partial charge on any atom is 0.248 e. The first-order valence-corrected chi connectivity index (χ1v) is 7.00. The van der Waals surface area contributed by atoms with Crippen LogP contribution in [0.25, 0.3) is 0 Å². The molecule has 0 fully saturated rings. The molecular formula is C15H24N4O. The average Bonchev–Trinajstić information content (AvgIpc) is 2.45. The number of nitrogens with one attached hydrogen (secondary N) is 2. The van der Waals surface area contributed by atoms with E-state index in [-0.39, 0.29) is 0 Å². The molecule has 5 heteroatoms. The van der Waals surface area contributed by atoms with Crippen LogP contribution in [0.5, 0.6) is 0 Å². The van der Waals surface area contributed by atoms with E-state index in [4.69, 9.17) is 5.73 Å². The minimum atomic E-state index is -0.416. The molecule has 1 aromatic rings. The van der Waals surface area contributed by atoms with E-state index >= 15 is 0 Å². The van der Waals surface area contributed by atoms with Crippen molar-refractivity contribution in [3.63, 3.8) is 0 Å². The number of guanidine groups is 1. The molecule has 0 aliphatic heterocycles. The molecule has 0 saturated heterocycles. The molecule has 20 heavy (non-hydrogen) atoms. The van der Waals surface area contributed by atoms with Crippen LogP contribution in [0.15, 0.2) is 29.3 Å². The number of hydrogen-bond donors (Lipinski definition) is 3. The first-order chi connectivity index (χ1) is 9.56. The van der Waals surface area contributed by atoms with Crippen molar-refractivity contribution in [2.24, 2.45) is 10.7 Å². The van der Waals surface area contributed by atoms with E-state index in [2.05, 4.69) is 29.5 Å². The maximum atomic E-state index is 11.1. The summed E-state index contributed by atoms with van der Waals surface area (Å²) in [5.41, 5.74) is 6.74. The SMILES string of the molecule is CCNC(=NCc1cccc(C(N)=O)c1)NC(C)CC. The van der Waals surface area contributed by atoms with Crippen LogP contribution in [-0.4, -0.2) is 24.5 Å². The third kappa shape index (κ3) is 5.30. The number of aliphatic imine (C=N–C) groups is 1. The van der Waals surface area contributed by atoms with Gasteiger partial charge >= 0.3 is 0 Å². The van der Waals surface area contributed by atoms with Crippen molar-refractivity contribution in [2.45, 2.75) is 39.8 Å². The summed E-state index contributed by atoms with van der Waals surface area (Å²) in [4.78, 5) is 15.7. The summed E-state index contributed by atoms with van der Waals surface area (Å²) < 4.78 is 0. The van der Waals surface area contributed by atoms with Gasteiger partial charge in [-0.2, -0.15) is 0 Å². The number of benzene rings is 1. The summed E-state index contributed by atoms with van der Waals surface area (Å²) in [6.07, 6.45) is 1.03. The first kappa shape index (κ1) is 16.0. The van der Waals surface area contributed by atoms with Crippen LogP contribution in [-0.2, 0) is 6.54 Å². The molecule has 110 valence electrons. The third-order valence-corrected chi connectivity index (χ3v) is 2.97. The Morgan fingerprint density at radius 1 is 1.40 bits per heavy atom. The predicted octanol–water partition coefficient (Wildman–Crippen LogP) is 1.64. The van der Waals surface area contributed by atoms with Crippen molar-refractivity contribution in [1.29, 1.82) is 0 Å². The number of carbonyl (C=O) groups excluding carboxylic acids is 1. The highest BCUT2D eigenvalue weighted by Crippen LogP contribution is 2.06. The summed E-state index contributed by atoms with van der Waals surface area (Å²) in [6.45, 7) is 7.58. The molecular weight excluding hydrogens is 252 g/mol. The second kappa shape index (κ2) is 8.19. The monoisotopic (exact) mass is 276 g/mol. The molecule has 0 aliphatic carbocycles. The average molecular weight is 276 g/mol. The highest BCUT2D eigenvalue weighted by atomic mass is 16.1. The van der Waals surface area contributed by atoms with Gasteiger partial charge in [-0.3, -0.25) is 4.79 Å². The minimum absolute atomic E-state index is 0.366. The molecule has 0 saturated carbocycles. The van der Waals surface area contributed by atoms with Crippen molar-refractivity contribution < 1.29 is 4.79 Å². The lowest BCUT2D eigenvalue weighted by Gasteiger charge is -2.16. The fraction of sp³-hybridized carbons (Fsp3) is 0.467. The number of nitrogens with zero attached hydrogens (tertiary/aromatic N) is 1. The van der Waals surface area contributed by atoms with Crippen molar-refractivity contribution in [1.82, 2.24) is 10.6 Å². The molecule has 1 atom stereocenters. The van der Waals surface area contributed by atoms with Gasteiger partial charge < -0.3 is 16.4 Å². The quantitative estimate of drug-likeness (QED) is 0.546. The summed E-state index contributed by atoms with van der Waals surface area (Å²) in [7, 11) is 0. The Morgan fingerprint density at radius 3 is 2.75 bits per heavy atom. The zero-order valence-electron chi connectivity index (χ0n) is 12.4. The lowest BCUT2D eigenvalue weighted by atomic mass is 10.1. The summed E-state index contributed by atoms with van der Waals surface area (Å²) >= 11 is 0. The van der Waals surface area contributed by atoms with Crippen molar-refractivity contribution in [3.8, 4) is 0 Å². The Hall–Kier alpha value is -2.04. The molecule has 4 N–H and O–H groups in total. The Kier molecular flexibility index (Phi) is 6.56. The lowest BCUT2D eigenvalue weighted by molar-refractivity contribution is 0.1000. The molecule has 0 spiro atoms. The van der Waals surface area contributed by atoms with Gasteiger partial charge in [0, 0.05) is 18.2 Å². The fourth-order valence-electron chi connectivity index (χ4n) is 1.65. The molecule has 1 amide bonds. The van der Waals surface area contributed by atoms with Crippen LogP contribution in [0.3, 0.4) is 0 Å². The maximum absolute atomic E-state index is 11.1. The molecule has 5 nitrogen and oxygen atoms in total. The van der Waals surface area contributed by atoms with Crippen molar-refractivity contribution in [2.75, 3.05) is 6.54 Å². The second-order valence-electron chi connectivity index (χ2n) is 4.71. The van der Waals surface area contributed by atoms with Gasteiger partial charge in [0.1, 0.15) is 0 Å². The van der Waals surface area contributed by atoms with Crippen LogP contribution in [0.2, 0.25) is 0 Å². The van der Waals surface area contributed by atoms with Crippen LogP contribution >= 0.6 is 0 Å². The van der Waals surface area contributed by atoms with Gasteiger partial charge in [-0.25, -0.2) is 4.99 Å². The highest BCUT2D eigenvalue weighted by Gasteiger charge is 2.04. The molecule has 0 heterocycles. The number of rotatable bonds is 6. The molecule has 1 aromatic carbocycles. The minimum Gasteiger partial charge on any atom is -0.366 e. The molecule has 0 bridgehead atoms. The molecule has 0 radical (unpaired) electrons. The Labute approximate surface area is 120 Å². The van der Waals surface area contributed by atoms with E-state index in [1.165, 1.54) is 0 Å². The van der Waals surface area contributed by atoms with E-state index in [9.17, 15) is 4.79 Å². The number of hydrogen-bond acceptors (Lipinski definition) is 2. The Morgan fingerprint density at radius 2 is 2.15 bits per heavy atom. The lowest BCUT2D eigenvalue weighted by Crippen LogP contribution is -2.41. The largest absolute Gasteiger partial charge is 0.366 e. The predicted molar refractivity (Wildman–Crippen MR) is 82.7 cm³/mol. The van der Waals surface area contributed by atoms with Gasteiger partial charge in [-0.15, -0.1) is 0 Å². The van der Waals surface area contributed by atoms with Crippen LogP contribution in [0.1, 0.15) is 43.1 Å². The van der Waals surface area contributed by atoms with Crippen molar-refractivity contribution >= 4 is 11.9 Å². The second-order valence-corrected chi connectivity index (χ2v) is 4.71. The van der Waals surface area contributed by atoms with E-state index < -0.39 is 5.91 Å². The highest BCUT2D eigenvalue weighted by molar-refractivity contribution is 5.92. The van der Waals surface area contributed by atoms with Crippen LogP contribution in [0.4, 0.5) is 0 Å². The van der Waals surface area contributed by atoms with Gasteiger partial charge in [0.25, 0.3) is 0 Å². The van der Waals surface area contributed by atoms with Gasteiger partial charge in [-0.1, -0.05) is 19.1 Å². The summed E-state index contributed by atoms with van der Waals surface area (Å²) in [5.74, 6) is 0.367. The van der Waals surface area contributed by atoms with Gasteiger partial charge in [0.15, 0.2) is 5.96 Å². The van der Waals surface area contributed by atoms with Gasteiger partial charge in [-0.05, 0) is 38.0 Å². The van der Waals surface area contributed by atoms with E-state index in [1.54, 1.807) is 12.1 Å². The van der Waals surface area contributed by atoms with Crippen molar-refractivity contribution in [3.05, 3.63) is 35.4 Å². The normalized spacial score (nSPS) is 12.8. The van der Waals surface area contributed by atoms with Gasteiger partial charge in [0.05, 0.1) is 6.54 Å². The summed E-state index contributed by atoms with van der Waals surface area (Å²) in [5, 5.41) is 6.53. The number of primary amides is 1. The topological polar surface area (TPSA) is 79.5 Å². The molecule has 0 aromatic heterocycles. The smallest absolute Gasteiger partial charge is 0.248 e. The standard InChI is InChI=1S/C15H24N4O/c1-4-11(3)19-15(17-5-2)18-10-12-7-6-8-13(9-12)14(16)20/h6-9,11H,4-5,10H2,1-3H3,(H2,16,20)(H2,17,18,19). The first-order valence-electron chi connectivity index (χ1n) is 7.00. The molecule has 1 rings (SSSR count). The summed E-state index contributed by atoms with van der Waals surface area (Å²) in [6, 6.07) is 7.60. The molecule has 1 unspecified atom stereocenters.